The number of carbonyl (C=O) groups is 1. The Morgan fingerprint density at radius 2 is 2.09 bits per heavy atom. The van der Waals surface area contributed by atoms with E-state index < -0.39 is 0 Å². The highest BCUT2D eigenvalue weighted by atomic mass is 32.2. The van der Waals surface area contributed by atoms with Crippen LogP contribution in [0.2, 0.25) is 0 Å². The monoisotopic (exact) mass is 332 g/mol. The van der Waals surface area contributed by atoms with E-state index in [1.807, 2.05) is 29.2 Å². The molecule has 0 atom stereocenters. The summed E-state index contributed by atoms with van der Waals surface area (Å²) < 4.78 is 5.35. The minimum atomic E-state index is 0.106. The van der Waals surface area contributed by atoms with Gasteiger partial charge in [-0.2, -0.15) is 5.10 Å². The molecule has 0 saturated carbocycles. The SMILES string of the molecule is COC1CCN(C(=O)c2ccc(CSc3ncn[nH]3)cc2)CC1. The molecule has 122 valence electrons. The van der Waals surface area contributed by atoms with Crippen molar-refractivity contribution in [1.29, 1.82) is 0 Å². The van der Waals surface area contributed by atoms with E-state index in [-0.39, 0.29) is 12.0 Å². The summed E-state index contributed by atoms with van der Waals surface area (Å²) in [6.07, 6.45) is 3.61. The van der Waals surface area contributed by atoms with E-state index in [9.17, 15) is 4.79 Å². The summed E-state index contributed by atoms with van der Waals surface area (Å²) in [5, 5.41) is 7.44. The fraction of sp³-hybridized carbons (Fsp3) is 0.438. The van der Waals surface area contributed by atoms with Crippen LogP contribution < -0.4 is 0 Å². The molecule has 1 aliphatic heterocycles. The highest BCUT2D eigenvalue weighted by Gasteiger charge is 2.23. The van der Waals surface area contributed by atoms with E-state index in [1.165, 1.54) is 6.33 Å². The van der Waals surface area contributed by atoms with Gasteiger partial charge in [0.1, 0.15) is 6.33 Å². The molecule has 1 saturated heterocycles. The van der Waals surface area contributed by atoms with Crippen molar-refractivity contribution < 1.29 is 9.53 Å². The smallest absolute Gasteiger partial charge is 0.253 e. The van der Waals surface area contributed by atoms with Gasteiger partial charge in [-0.05, 0) is 30.5 Å². The number of aromatic amines is 1. The van der Waals surface area contributed by atoms with E-state index in [1.54, 1.807) is 18.9 Å². The number of H-pyrrole nitrogens is 1. The first-order valence-electron chi connectivity index (χ1n) is 7.65. The van der Waals surface area contributed by atoms with Crippen LogP contribution in [0, 0.1) is 0 Å². The van der Waals surface area contributed by atoms with Crippen LogP contribution in [0.4, 0.5) is 0 Å². The number of nitrogens with one attached hydrogen (secondary N) is 1. The summed E-state index contributed by atoms with van der Waals surface area (Å²) in [6, 6.07) is 7.80. The second-order valence-corrected chi connectivity index (χ2v) is 6.47. The van der Waals surface area contributed by atoms with E-state index in [2.05, 4.69) is 15.2 Å². The van der Waals surface area contributed by atoms with Gasteiger partial charge in [-0.15, -0.1) is 0 Å². The number of aromatic nitrogens is 3. The quantitative estimate of drug-likeness (QED) is 0.851. The van der Waals surface area contributed by atoms with Crippen molar-refractivity contribution in [2.24, 2.45) is 0 Å². The summed E-state index contributed by atoms with van der Waals surface area (Å²) in [6.45, 7) is 1.53. The summed E-state index contributed by atoms with van der Waals surface area (Å²) in [5.74, 6) is 0.900. The number of piperidine rings is 1. The molecule has 1 amide bonds. The Labute approximate surface area is 139 Å². The van der Waals surface area contributed by atoms with Gasteiger partial charge in [-0.25, -0.2) is 4.98 Å². The molecule has 0 bridgehead atoms. The minimum absolute atomic E-state index is 0.106. The van der Waals surface area contributed by atoms with E-state index >= 15 is 0 Å². The zero-order valence-corrected chi connectivity index (χ0v) is 13.9. The molecule has 1 aromatic carbocycles. The number of rotatable bonds is 5. The molecule has 0 unspecified atom stereocenters. The van der Waals surface area contributed by atoms with Crippen LogP contribution in [0.5, 0.6) is 0 Å². The first kappa shape index (κ1) is 16.0. The molecular formula is C16H20N4O2S. The van der Waals surface area contributed by atoms with Crippen LogP contribution in [0.15, 0.2) is 35.7 Å². The molecule has 6 nitrogen and oxygen atoms in total. The zero-order chi connectivity index (χ0) is 16.1. The predicted octanol–water partition coefficient (Wildman–Crippen LogP) is 2.35. The van der Waals surface area contributed by atoms with Gasteiger partial charge >= 0.3 is 0 Å². The number of likely N-dealkylation sites (tertiary alicyclic amines) is 1. The normalized spacial score (nSPS) is 15.8. The Kier molecular flexibility index (Phi) is 5.30. The number of ether oxygens (including phenoxy) is 1. The van der Waals surface area contributed by atoms with Crippen LogP contribution in [-0.2, 0) is 10.5 Å². The molecule has 1 aliphatic rings. The third kappa shape index (κ3) is 4.11. The van der Waals surface area contributed by atoms with Crippen molar-refractivity contribution in [1.82, 2.24) is 20.1 Å². The lowest BCUT2D eigenvalue weighted by atomic mass is 10.1. The molecule has 1 N–H and O–H groups in total. The number of thioether (sulfide) groups is 1. The number of nitrogens with zero attached hydrogens (tertiary/aromatic N) is 3. The van der Waals surface area contributed by atoms with Crippen LogP contribution in [0.1, 0.15) is 28.8 Å². The van der Waals surface area contributed by atoms with Gasteiger partial charge < -0.3 is 9.64 Å². The molecule has 7 heteroatoms. The fourth-order valence-corrected chi connectivity index (χ4v) is 3.37. The maximum absolute atomic E-state index is 12.5. The van der Waals surface area contributed by atoms with Gasteiger partial charge in [-0.1, -0.05) is 23.9 Å². The Hall–Kier alpha value is -1.86. The lowest BCUT2D eigenvalue weighted by molar-refractivity contribution is 0.0351. The van der Waals surface area contributed by atoms with Gasteiger partial charge in [0.25, 0.3) is 5.91 Å². The van der Waals surface area contributed by atoms with Gasteiger partial charge in [0.15, 0.2) is 5.16 Å². The number of hydrogen-bond donors (Lipinski definition) is 1. The number of methoxy groups -OCH3 is 1. The largest absolute Gasteiger partial charge is 0.381 e. The molecule has 0 radical (unpaired) electrons. The van der Waals surface area contributed by atoms with Gasteiger partial charge in [0, 0.05) is 31.5 Å². The molecule has 0 aliphatic carbocycles. The first-order chi connectivity index (χ1) is 11.3. The van der Waals surface area contributed by atoms with Crippen LogP contribution in [-0.4, -0.2) is 52.3 Å². The Morgan fingerprint density at radius 1 is 1.35 bits per heavy atom. The van der Waals surface area contributed by atoms with Crippen molar-refractivity contribution in [3.63, 3.8) is 0 Å². The third-order valence-electron chi connectivity index (χ3n) is 4.03. The van der Waals surface area contributed by atoms with Crippen LogP contribution >= 0.6 is 11.8 Å². The van der Waals surface area contributed by atoms with Crippen molar-refractivity contribution >= 4 is 17.7 Å². The van der Waals surface area contributed by atoms with Crippen molar-refractivity contribution in [2.45, 2.75) is 29.9 Å². The molecule has 2 heterocycles. The summed E-state index contributed by atoms with van der Waals surface area (Å²) in [5.41, 5.74) is 1.90. The van der Waals surface area contributed by atoms with Crippen molar-refractivity contribution in [3.8, 4) is 0 Å². The molecule has 2 aromatic rings. The number of carbonyl (C=O) groups excluding carboxylic acids is 1. The average Bonchev–Trinajstić information content (AvgIpc) is 3.13. The summed E-state index contributed by atoms with van der Waals surface area (Å²) >= 11 is 1.59. The van der Waals surface area contributed by atoms with Gasteiger partial charge in [-0.3, -0.25) is 9.89 Å². The van der Waals surface area contributed by atoms with Gasteiger partial charge in [0.05, 0.1) is 6.10 Å². The molecule has 1 aromatic heterocycles. The van der Waals surface area contributed by atoms with E-state index in [0.717, 1.165) is 48.0 Å². The second-order valence-electron chi connectivity index (χ2n) is 5.50. The number of benzene rings is 1. The fourth-order valence-electron chi connectivity index (χ4n) is 2.64. The Balaban J connectivity index is 1.55. The molecular weight excluding hydrogens is 312 g/mol. The topological polar surface area (TPSA) is 71.1 Å². The first-order valence-corrected chi connectivity index (χ1v) is 8.64. The highest BCUT2D eigenvalue weighted by molar-refractivity contribution is 7.98. The lowest BCUT2D eigenvalue weighted by Crippen LogP contribution is -2.40. The van der Waals surface area contributed by atoms with Crippen molar-refractivity contribution in [3.05, 3.63) is 41.7 Å². The highest BCUT2D eigenvalue weighted by Crippen LogP contribution is 2.20. The number of amides is 1. The van der Waals surface area contributed by atoms with Crippen LogP contribution in [0.3, 0.4) is 0 Å². The molecule has 23 heavy (non-hydrogen) atoms. The van der Waals surface area contributed by atoms with Crippen molar-refractivity contribution in [2.75, 3.05) is 20.2 Å². The Morgan fingerprint density at radius 3 is 2.70 bits per heavy atom. The molecule has 1 fully saturated rings. The molecule has 0 spiro atoms. The van der Waals surface area contributed by atoms with E-state index in [0.29, 0.717) is 0 Å². The minimum Gasteiger partial charge on any atom is -0.381 e. The third-order valence-corrected chi connectivity index (χ3v) is 4.98. The maximum atomic E-state index is 12.5. The van der Waals surface area contributed by atoms with E-state index in [4.69, 9.17) is 4.74 Å². The standard InChI is InChI=1S/C16H20N4O2S/c1-22-14-6-8-20(9-7-14)15(21)13-4-2-12(3-5-13)10-23-16-17-11-18-19-16/h2-5,11,14H,6-10H2,1H3,(H,17,18,19). The molecule has 3 rings (SSSR count). The zero-order valence-electron chi connectivity index (χ0n) is 13.1. The van der Waals surface area contributed by atoms with Crippen LogP contribution in [0.25, 0.3) is 0 Å². The summed E-state index contributed by atoms with van der Waals surface area (Å²) in [7, 11) is 1.73. The maximum Gasteiger partial charge on any atom is 0.253 e. The Bertz CT molecular complexity index is 622. The summed E-state index contributed by atoms with van der Waals surface area (Å²) in [4.78, 5) is 18.5. The number of hydrogen-bond acceptors (Lipinski definition) is 5. The lowest BCUT2D eigenvalue weighted by Gasteiger charge is -2.31. The predicted molar refractivity (Wildman–Crippen MR) is 88.3 cm³/mol. The average molecular weight is 332 g/mol. The second kappa shape index (κ2) is 7.61. The van der Waals surface area contributed by atoms with Gasteiger partial charge in [0.2, 0.25) is 0 Å².